The summed E-state index contributed by atoms with van der Waals surface area (Å²) in [5.41, 5.74) is 0.516. The lowest BCUT2D eigenvalue weighted by molar-refractivity contribution is -0.170. The maximum absolute atomic E-state index is 14.3. The second kappa shape index (κ2) is 7.33. The predicted molar refractivity (Wildman–Crippen MR) is 137 cm³/mol. The quantitative estimate of drug-likeness (QED) is 0.574. The zero-order valence-corrected chi connectivity index (χ0v) is 23.4. The van der Waals surface area contributed by atoms with Crippen LogP contribution >= 0.6 is 0 Å². The Morgan fingerprint density at radius 1 is 0.941 bits per heavy atom. The number of nitrogens with zero attached hydrogens (tertiary/aromatic N) is 1. The number of nitrogens with one attached hydrogen (secondary N) is 1. The molecule has 192 valence electrons. The van der Waals surface area contributed by atoms with Gasteiger partial charge in [-0.25, -0.2) is 0 Å². The molecule has 0 saturated heterocycles. The van der Waals surface area contributed by atoms with Crippen molar-refractivity contribution in [3.63, 3.8) is 0 Å². The molecule has 0 bridgehead atoms. The van der Waals surface area contributed by atoms with Crippen LogP contribution in [0.5, 0.6) is 0 Å². The normalized spacial score (nSPS) is 49.7. The Kier molecular flexibility index (Phi) is 5.34. The summed E-state index contributed by atoms with van der Waals surface area (Å²) in [6.45, 7) is 16.2. The van der Waals surface area contributed by atoms with Crippen molar-refractivity contribution in [1.82, 2.24) is 10.2 Å². The molecule has 4 heteroatoms. The van der Waals surface area contributed by atoms with Crippen LogP contribution in [0.25, 0.3) is 0 Å². The van der Waals surface area contributed by atoms with Crippen LogP contribution in [0.3, 0.4) is 0 Å². The van der Waals surface area contributed by atoms with Crippen LogP contribution in [0.15, 0.2) is 0 Å². The number of hydrogen-bond donors (Lipinski definition) is 1. The lowest BCUT2D eigenvalue weighted by Gasteiger charge is -2.63. The second-order valence-corrected chi connectivity index (χ2v) is 14.8. The van der Waals surface area contributed by atoms with Gasteiger partial charge in [-0.15, -0.1) is 0 Å². The highest BCUT2D eigenvalue weighted by atomic mass is 16.2. The third kappa shape index (κ3) is 2.76. The van der Waals surface area contributed by atoms with Crippen molar-refractivity contribution in [3.8, 4) is 0 Å². The van der Waals surface area contributed by atoms with Gasteiger partial charge in [0.05, 0.1) is 0 Å². The standard InChI is InChI=1S/C30H50N2O2/c1-18(2)25(34)31-23-13-15-29-17-30(29)22(11-10-21(29)26(23,4)5)27(6)14-12-20(19(3)32(8)9)28(27,7)16-24(30)33/h18-23H,10-17H2,1-9H3,(H,31,34)/t19-,20+,21-,22-,23-,27-,28+,29+,30-/m0/s1. The first-order valence-electron chi connectivity index (χ1n) is 14.2. The van der Waals surface area contributed by atoms with Crippen molar-refractivity contribution in [2.75, 3.05) is 14.1 Å². The Balaban J connectivity index is 1.47. The lowest BCUT2D eigenvalue weighted by atomic mass is 9.41. The highest BCUT2D eigenvalue weighted by Gasteiger charge is 2.85. The predicted octanol–water partition coefficient (Wildman–Crippen LogP) is 5.70. The number of Topliss-reactive ketones (excluding diaryl/α,β-unsaturated/α-hetero) is 1. The molecule has 1 N–H and O–H groups in total. The maximum Gasteiger partial charge on any atom is 0.222 e. The van der Waals surface area contributed by atoms with Crippen molar-refractivity contribution < 1.29 is 9.59 Å². The molecular formula is C30H50N2O2. The lowest BCUT2D eigenvalue weighted by Crippen LogP contribution is -2.62. The number of ketones is 1. The van der Waals surface area contributed by atoms with E-state index < -0.39 is 0 Å². The molecule has 5 fully saturated rings. The van der Waals surface area contributed by atoms with Crippen LogP contribution in [-0.2, 0) is 9.59 Å². The first kappa shape index (κ1) is 24.8. The van der Waals surface area contributed by atoms with Gasteiger partial charge in [-0.05, 0) is 105 Å². The van der Waals surface area contributed by atoms with E-state index in [0.717, 1.165) is 25.7 Å². The minimum Gasteiger partial charge on any atom is -0.353 e. The fraction of sp³-hybridized carbons (Fsp3) is 0.933. The van der Waals surface area contributed by atoms with Crippen molar-refractivity contribution in [1.29, 1.82) is 0 Å². The van der Waals surface area contributed by atoms with E-state index in [9.17, 15) is 9.59 Å². The summed E-state index contributed by atoms with van der Waals surface area (Å²) in [4.78, 5) is 29.3. The number of amides is 1. The average Bonchev–Trinajstić information content (AvgIpc) is 3.36. The van der Waals surface area contributed by atoms with Crippen LogP contribution in [-0.4, -0.2) is 42.8 Å². The highest BCUT2D eigenvalue weighted by molar-refractivity contribution is 5.92. The van der Waals surface area contributed by atoms with Gasteiger partial charge in [0.2, 0.25) is 5.91 Å². The summed E-state index contributed by atoms with van der Waals surface area (Å²) in [6.07, 6.45) is 9.02. The molecule has 5 aliphatic carbocycles. The molecule has 5 saturated carbocycles. The van der Waals surface area contributed by atoms with E-state index in [1.165, 1.54) is 25.7 Å². The molecule has 0 unspecified atom stereocenters. The molecule has 0 aromatic carbocycles. The highest BCUT2D eigenvalue weighted by Crippen LogP contribution is 2.87. The Hall–Kier alpha value is -0.900. The molecule has 0 aromatic rings. The van der Waals surface area contributed by atoms with Gasteiger partial charge in [0, 0.05) is 29.8 Å². The smallest absolute Gasteiger partial charge is 0.222 e. The number of carbonyl (C=O) groups is 2. The molecule has 0 heterocycles. The van der Waals surface area contributed by atoms with Gasteiger partial charge in [0.1, 0.15) is 5.78 Å². The third-order valence-corrected chi connectivity index (χ3v) is 13.2. The van der Waals surface area contributed by atoms with Crippen molar-refractivity contribution in [3.05, 3.63) is 0 Å². The van der Waals surface area contributed by atoms with Crippen LogP contribution in [0.2, 0.25) is 0 Å². The van der Waals surface area contributed by atoms with E-state index in [-0.39, 0.29) is 44.9 Å². The first-order chi connectivity index (χ1) is 15.7. The topological polar surface area (TPSA) is 49.4 Å². The summed E-state index contributed by atoms with van der Waals surface area (Å²) in [6, 6.07) is 0.737. The minimum atomic E-state index is -0.0787. The van der Waals surface area contributed by atoms with Gasteiger partial charge in [0.15, 0.2) is 0 Å². The summed E-state index contributed by atoms with van der Waals surface area (Å²) in [7, 11) is 4.41. The van der Waals surface area contributed by atoms with E-state index in [2.05, 4.69) is 58.9 Å². The number of carbonyl (C=O) groups excluding carboxylic acids is 2. The SMILES string of the molecule is CC(C)C(=O)N[C@H]1CC[C@]23C[C@]24C(=O)C[C@]2(C)[C@@H]([C@H](C)N(C)C)CC[C@@]2(C)[C@@H]4CC[C@H]3C1(C)C. The molecule has 0 aliphatic heterocycles. The molecule has 2 spiro atoms. The summed E-state index contributed by atoms with van der Waals surface area (Å²) < 4.78 is 0. The van der Waals surface area contributed by atoms with Crippen molar-refractivity contribution in [2.24, 2.45) is 50.7 Å². The van der Waals surface area contributed by atoms with Crippen molar-refractivity contribution >= 4 is 11.7 Å². The van der Waals surface area contributed by atoms with Crippen LogP contribution in [0, 0.1) is 50.7 Å². The molecule has 9 atom stereocenters. The molecule has 4 nitrogen and oxygen atoms in total. The maximum atomic E-state index is 14.3. The number of rotatable bonds is 4. The Morgan fingerprint density at radius 2 is 1.59 bits per heavy atom. The Bertz CT molecular complexity index is 894. The van der Waals surface area contributed by atoms with Gasteiger partial charge < -0.3 is 10.2 Å². The number of hydrogen-bond acceptors (Lipinski definition) is 3. The van der Waals surface area contributed by atoms with Gasteiger partial charge >= 0.3 is 0 Å². The van der Waals surface area contributed by atoms with Gasteiger partial charge in [-0.1, -0.05) is 41.5 Å². The van der Waals surface area contributed by atoms with E-state index in [1.807, 2.05) is 13.8 Å². The molecule has 0 aromatic heterocycles. The summed E-state index contributed by atoms with van der Waals surface area (Å²) in [5.74, 6) is 2.49. The van der Waals surface area contributed by atoms with Gasteiger partial charge in [-0.3, -0.25) is 9.59 Å². The zero-order valence-electron chi connectivity index (χ0n) is 23.4. The fourth-order valence-electron chi connectivity index (χ4n) is 10.8. The van der Waals surface area contributed by atoms with Crippen LogP contribution in [0.1, 0.15) is 99.8 Å². The second-order valence-electron chi connectivity index (χ2n) is 14.8. The minimum absolute atomic E-state index is 0.0205. The molecular weight excluding hydrogens is 420 g/mol. The molecule has 34 heavy (non-hydrogen) atoms. The van der Waals surface area contributed by atoms with E-state index in [0.29, 0.717) is 29.6 Å². The first-order valence-corrected chi connectivity index (χ1v) is 14.2. The van der Waals surface area contributed by atoms with Crippen LogP contribution in [0.4, 0.5) is 0 Å². The zero-order chi connectivity index (χ0) is 25.1. The third-order valence-electron chi connectivity index (χ3n) is 13.2. The molecule has 1 amide bonds. The Morgan fingerprint density at radius 3 is 2.21 bits per heavy atom. The van der Waals surface area contributed by atoms with E-state index >= 15 is 0 Å². The van der Waals surface area contributed by atoms with Gasteiger partial charge in [-0.2, -0.15) is 0 Å². The summed E-state index contributed by atoms with van der Waals surface area (Å²) >= 11 is 0. The largest absolute Gasteiger partial charge is 0.353 e. The summed E-state index contributed by atoms with van der Waals surface area (Å²) in [5, 5.41) is 3.41. The molecule has 0 radical (unpaired) electrons. The fourth-order valence-corrected chi connectivity index (χ4v) is 10.8. The van der Waals surface area contributed by atoms with E-state index in [1.54, 1.807) is 0 Å². The van der Waals surface area contributed by atoms with Crippen LogP contribution < -0.4 is 5.32 Å². The monoisotopic (exact) mass is 470 g/mol. The number of fused-ring (bicyclic) bond motifs is 2. The van der Waals surface area contributed by atoms with Gasteiger partial charge in [0.25, 0.3) is 0 Å². The Labute approximate surface area is 208 Å². The molecule has 5 aliphatic rings. The van der Waals surface area contributed by atoms with E-state index in [4.69, 9.17) is 0 Å². The average molecular weight is 471 g/mol. The molecule has 5 rings (SSSR count). The van der Waals surface area contributed by atoms with Crippen molar-refractivity contribution in [2.45, 2.75) is 112 Å².